The molecule has 1 aromatic carbocycles. The van der Waals surface area contributed by atoms with Crippen molar-refractivity contribution in [1.82, 2.24) is 0 Å². The van der Waals surface area contributed by atoms with E-state index < -0.39 is 6.04 Å². The number of rotatable bonds is 4. The Labute approximate surface area is 119 Å². The normalized spacial score (nSPS) is 12.7. The van der Waals surface area contributed by atoms with E-state index in [2.05, 4.69) is 10.6 Å². The molecule has 1 unspecified atom stereocenters. The van der Waals surface area contributed by atoms with Crippen LogP contribution in [0.25, 0.3) is 0 Å². The maximum Gasteiger partial charge on any atom is 0.241 e. The van der Waals surface area contributed by atoms with Crippen LogP contribution in [0.2, 0.25) is 0 Å². The highest BCUT2D eigenvalue weighted by atomic mass is 16.2. The van der Waals surface area contributed by atoms with Crippen molar-refractivity contribution >= 4 is 23.2 Å². The molecular formula is C15H23N3O2. The Balaban J connectivity index is 2.66. The number of amides is 2. The Morgan fingerprint density at radius 2 is 1.55 bits per heavy atom. The molecule has 0 bridgehead atoms. The molecule has 0 saturated carbocycles. The summed E-state index contributed by atoms with van der Waals surface area (Å²) in [6, 6.07) is 6.37. The molecule has 0 aliphatic heterocycles. The highest BCUT2D eigenvalue weighted by Gasteiger charge is 2.27. The average molecular weight is 277 g/mol. The lowest BCUT2D eigenvalue weighted by Gasteiger charge is -2.25. The molecule has 0 saturated heterocycles. The third-order valence-corrected chi connectivity index (χ3v) is 2.97. The number of benzene rings is 1. The van der Waals surface area contributed by atoms with Crippen molar-refractivity contribution in [2.45, 2.75) is 40.2 Å². The summed E-state index contributed by atoms with van der Waals surface area (Å²) in [5, 5.41) is 5.51. The summed E-state index contributed by atoms with van der Waals surface area (Å²) in [5.41, 5.74) is 6.95. The summed E-state index contributed by atoms with van der Waals surface area (Å²) in [7, 11) is 0. The SMILES string of the molecule is CCC(=O)Nc1ccc(NC(=O)C(N)C(C)(C)C)cc1. The molecule has 0 fully saturated rings. The Morgan fingerprint density at radius 1 is 1.10 bits per heavy atom. The van der Waals surface area contributed by atoms with Gasteiger partial charge in [-0.15, -0.1) is 0 Å². The fourth-order valence-corrected chi connectivity index (χ4v) is 1.50. The Bertz CT molecular complexity index is 475. The molecular weight excluding hydrogens is 254 g/mol. The van der Waals surface area contributed by atoms with Crippen LogP contribution >= 0.6 is 0 Å². The summed E-state index contributed by atoms with van der Waals surface area (Å²) in [5.74, 6) is -0.264. The van der Waals surface area contributed by atoms with Gasteiger partial charge >= 0.3 is 0 Å². The van der Waals surface area contributed by atoms with Gasteiger partial charge in [-0.05, 0) is 29.7 Å². The predicted molar refractivity (Wildman–Crippen MR) is 81.4 cm³/mol. The second-order valence-corrected chi connectivity index (χ2v) is 5.81. The average Bonchev–Trinajstić information content (AvgIpc) is 2.38. The second kappa shape index (κ2) is 6.52. The van der Waals surface area contributed by atoms with E-state index in [1.165, 1.54) is 0 Å². The Hall–Kier alpha value is -1.88. The summed E-state index contributed by atoms with van der Waals surface area (Å²) in [6.45, 7) is 7.54. The smallest absolute Gasteiger partial charge is 0.241 e. The maximum absolute atomic E-state index is 12.0. The zero-order valence-electron chi connectivity index (χ0n) is 12.5. The highest BCUT2D eigenvalue weighted by molar-refractivity contribution is 5.95. The van der Waals surface area contributed by atoms with Gasteiger partial charge in [-0.2, -0.15) is 0 Å². The van der Waals surface area contributed by atoms with Crippen LogP contribution in [0.15, 0.2) is 24.3 Å². The van der Waals surface area contributed by atoms with Crippen molar-refractivity contribution in [3.8, 4) is 0 Å². The molecule has 0 aromatic heterocycles. The van der Waals surface area contributed by atoms with Gasteiger partial charge in [-0.3, -0.25) is 9.59 Å². The van der Waals surface area contributed by atoms with Crippen molar-refractivity contribution in [1.29, 1.82) is 0 Å². The molecule has 1 aromatic rings. The summed E-state index contributed by atoms with van der Waals surface area (Å²) < 4.78 is 0. The lowest BCUT2D eigenvalue weighted by atomic mass is 9.87. The maximum atomic E-state index is 12.0. The van der Waals surface area contributed by atoms with Crippen LogP contribution in [0.1, 0.15) is 34.1 Å². The molecule has 20 heavy (non-hydrogen) atoms. The molecule has 0 aliphatic rings. The van der Waals surface area contributed by atoms with Crippen LogP contribution in [0.4, 0.5) is 11.4 Å². The van der Waals surface area contributed by atoms with Crippen LogP contribution in [-0.4, -0.2) is 17.9 Å². The van der Waals surface area contributed by atoms with Crippen LogP contribution in [-0.2, 0) is 9.59 Å². The third-order valence-electron chi connectivity index (χ3n) is 2.97. The first-order valence-corrected chi connectivity index (χ1v) is 6.70. The lowest BCUT2D eigenvalue weighted by Crippen LogP contribution is -2.45. The predicted octanol–water partition coefficient (Wildman–Crippen LogP) is 2.35. The zero-order chi connectivity index (χ0) is 15.3. The van der Waals surface area contributed by atoms with E-state index >= 15 is 0 Å². The molecule has 0 heterocycles. The lowest BCUT2D eigenvalue weighted by molar-refractivity contribution is -0.119. The van der Waals surface area contributed by atoms with E-state index in [1.54, 1.807) is 31.2 Å². The van der Waals surface area contributed by atoms with E-state index in [1.807, 2.05) is 20.8 Å². The molecule has 0 radical (unpaired) electrons. The summed E-state index contributed by atoms with van der Waals surface area (Å²) in [6.07, 6.45) is 0.429. The fraction of sp³-hybridized carbons (Fsp3) is 0.467. The molecule has 110 valence electrons. The standard InChI is InChI=1S/C15H23N3O2/c1-5-12(19)17-10-6-8-11(9-7-10)18-14(20)13(16)15(2,3)4/h6-9,13H,5,16H2,1-4H3,(H,17,19)(H,18,20). The largest absolute Gasteiger partial charge is 0.326 e. The quantitative estimate of drug-likeness (QED) is 0.789. The van der Waals surface area contributed by atoms with Gasteiger partial charge in [0.05, 0.1) is 6.04 Å². The molecule has 2 amide bonds. The van der Waals surface area contributed by atoms with Gasteiger partial charge in [-0.1, -0.05) is 27.7 Å². The number of hydrogen-bond donors (Lipinski definition) is 3. The van der Waals surface area contributed by atoms with Crippen LogP contribution in [0.3, 0.4) is 0 Å². The van der Waals surface area contributed by atoms with Gasteiger partial charge in [-0.25, -0.2) is 0 Å². The number of carbonyl (C=O) groups excluding carboxylic acids is 2. The Kier molecular flexibility index (Phi) is 5.27. The van der Waals surface area contributed by atoms with Gasteiger partial charge in [0, 0.05) is 17.8 Å². The van der Waals surface area contributed by atoms with E-state index in [0.717, 1.165) is 0 Å². The van der Waals surface area contributed by atoms with Gasteiger partial charge in [0.25, 0.3) is 0 Å². The molecule has 5 nitrogen and oxygen atoms in total. The van der Waals surface area contributed by atoms with Crippen LogP contribution in [0, 0.1) is 5.41 Å². The minimum absolute atomic E-state index is 0.0449. The number of anilines is 2. The van der Waals surface area contributed by atoms with Gasteiger partial charge in [0.2, 0.25) is 11.8 Å². The van der Waals surface area contributed by atoms with Crippen molar-refractivity contribution in [2.75, 3.05) is 10.6 Å². The first-order valence-electron chi connectivity index (χ1n) is 6.70. The molecule has 1 rings (SSSR count). The Morgan fingerprint density at radius 3 is 1.95 bits per heavy atom. The molecule has 5 heteroatoms. The molecule has 0 aliphatic carbocycles. The number of carbonyl (C=O) groups is 2. The molecule has 4 N–H and O–H groups in total. The number of hydrogen-bond acceptors (Lipinski definition) is 3. The van der Waals surface area contributed by atoms with E-state index in [4.69, 9.17) is 5.73 Å². The first kappa shape index (κ1) is 16.2. The van der Waals surface area contributed by atoms with Crippen molar-refractivity contribution in [3.05, 3.63) is 24.3 Å². The summed E-state index contributed by atoms with van der Waals surface area (Å²) in [4.78, 5) is 23.2. The van der Waals surface area contributed by atoms with Crippen molar-refractivity contribution < 1.29 is 9.59 Å². The van der Waals surface area contributed by atoms with E-state index in [0.29, 0.717) is 17.8 Å². The molecule has 0 spiro atoms. The van der Waals surface area contributed by atoms with E-state index in [9.17, 15) is 9.59 Å². The second-order valence-electron chi connectivity index (χ2n) is 5.81. The topological polar surface area (TPSA) is 84.2 Å². The third kappa shape index (κ3) is 4.66. The highest BCUT2D eigenvalue weighted by Crippen LogP contribution is 2.19. The van der Waals surface area contributed by atoms with Crippen LogP contribution < -0.4 is 16.4 Å². The van der Waals surface area contributed by atoms with Gasteiger partial charge in [0.1, 0.15) is 0 Å². The van der Waals surface area contributed by atoms with Crippen molar-refractivity contribution in [2.24, 2.45) is 11.1 Å². The zero-order valence-corrected chi connectivity index (χ0v) is 12.5. The van der Waals surface area contributed by atoms with E-state index in [-0.39, 0.29) is 17.2 Å². The molecule has 1 atom stereocenters. The van der Waals surface area contributed by atoms with Crippen LogP contribution in [0.5, 0.6) is 0 Å². The van der Waals surface area contributed by atoms with Gasteiger partial charge in [0.15, 0.2) is 0 Å². The van der Waals surface area contributed by atoms with Gasteiger partial charge < -0.3 is 16.4 Å². The minimum Gasteiger partial charge on any atom is -0.326 e. The van der Waals surface area contributed by atoms with Crippen molar-refractivity contribution in [3.63, 3.8) is 0 Å². The number of nitrogens with two attached hydrogens (primary N) is 1. The monoisotopic (exact) mass is 277 g/mol. The number of nitrogens with one attached hydrogen (secondary N) is 2. The summed E-state index contributed by atoms with van der Waals surface area (Å²) >= 11 is 0. The first-order chi connectivity index (χ1) is 9.24. The minimum atomic E-state index is -0.582. The fourth-order valence-electron chi connectivity index (χ4n) is 1.50.